The van der Waals surface area contributed by atoms with Crippen LogP contribution < -0.4 is 10.6 Å². The molecule has 33 heavy (non-hydrogen) atoms. The van der Waals surface area contributed by atoms with Crippen LogP contribution in [0.25, 0.3) is 22.2 Å². The molecule has 0 saturated carbocycles. The van der Waals surface area contributed by atoms with Gasteiger partial charge in [0, 0.05) is 41.6 Å². The van der Waals surface area contributed by atoms with E-state index in [0.29, 0.717) is 23.7 Å². The van der Waals surface area contributed by atoms with Crippen LogP contribution in [0, 0.1) is 6.92 Å². The Labute approximate surface area is 190 Å². The van der Waals surface area contributed by atoms with Crippen molar-refractivity contribution in [2.75, 3.05) is 10.6 Å². The van der Waals surface area contributed by atoms with E-state index >= 15 is 0 Å². The molecule has 5 rings (SSSR count). The number of anilines is 2. The zero-order chi connectivity index (χ0) is 22.8. The maximum atomic E-state index is 12.3. The molecule has 9 heteroatoms. The van der Waals surface area contributed by atoms with Crippen molar-refractivity contribution in [1.29, 1.82) is 0 Å². The third kappa shape index (κ3) is 4.57. The van der Waals surface area contributed by atoms with Crippen molar-refractivity contribution < 1.29 is 4.79 Å². The lowest BCUT2D eigenvalue weighted by Crippen LogP contribution is -2.20. The van der Waals surface area contributed by atoms with Crippen LogP contribution in [-0.2, 0) is 13.6 Å². The molecule has 5 aromatic rings. The van der Waals surface area contributed by atoms with Gasteiger partial charge in [-0.05, 0) is 43.3 Å². The van der Waals surface area contributed by atoms with Crippen molar-refractivity contribution in [2.45, 2.75) is 13.5 Å². The summed E-state index contributed by atoms with van der Waals surface area (Å²) < 4.78 is 3.96. The number of carbonyl (C=O) groups excluding carboxylic acids is 1. The van der Waals surface area contributed by atoms with Gasteiger partial charge in [0.25, 0.3) is 0 Å². The van der Waals surface area contributed by atoms with E-state index in [1.54, 1.807) is 23.1 Å². The van der Waals surface area contributed by atoms with Gasteiger partial charge >= 0.3 is 6.03 Å². The van der Waals surface area contributed by atoms with Crippen LogP contribution in [-0.4, -0.2) is 35.3 Å². The number of aromatic nitrogens is 6. The average Bonchev–Trinajstić information content (AvgIpc) is 3.41. The van der Waals surface area contributed by atoms with Crippen molar-refractivity contribution >= 4 is 28.4 Å². The standard InChI is InChI=1S/C24H22N8O/c1-16-3-5-19(12-26-16)27-24(33)29-23-14-25-13-21(28-23)17-4-6-22-18(11-17)7-10-32(22)15-20-8-9-31(2)30-20/h3-14H,15H2,1-2H3,(H2,27,28,29,33). The van der Waals surface area contributed by atoms with E-state index in [2.05, 4.69) is 59.6 Å². The molecule has 0 bridgehead atoms. The molecule has 0 radical (unpaired) electrons. The molecular weight excluding hydrogens is 416 g/mol. The van der Waals surface area contributed by atoms with E-state index in [0.717, 1.165) is 27.9 Å². The minimum Gasteiger partial charge on any atom is -0.341 e. The SMILES string of the molecule is Cc1ccc(NC(=O)Nc2cncc(-c3ccc4c(ccn4Cc4ccn(C)n4)c3)n2)cn1. The van der Waals surface area contributed by atoms with Gasteiger partial charge in [0.1, 0.15) is 0 Å². The largest absolute Gasteiger partial charge is 0.341 e. The van der Waals surface area contributed by atoms with Crippen molar-refractivity contribution in [3.05, 3.63) is 84.8 Å². The number of carbonyl (C=O) groups is 1. The topological polar surface area (TPSA) is 103 Å². The zero-order valence-corrected chi connectivity index (χ0v) is 18.2. The highest BCUT2D eigenvalue weighted by Gasteiger charge is 2.09. The van der Waals surface area contributed by atoms with Crippen molar-refractivity contribution in [2.24, 2.45) is 7.05 Å². The highest BCUT2D eigenvalue weighted by molar-refractivity contribution is 5.99. The van der Waals surface area contributed by atoms with Gasteiger partial charge in [0.05, 0.1) is 42.2 Å². The molecule has 164 valence electrons. The molecule has 2 amide bonds. The Hall–Kier alpha value is -4.53. The predicted molar refractivity (Wildman–Crippen MR) is 127 cm³/mol. The Morgan fingerprint density at radius 1 is 1.00 bits per heavy atom. The van der Waals surface area contributed by atoms with Crippen LogP contribution in [0.15, 0.2) is 73.4 Å². The van der Waals surface area contributed by atoms with Gasteiger partial charge in [-0.2, -0.15) is 5.10 Å². The number of urea groups is 1. The lowest BCUT2D eigenvalue weighted by atomic mass is 10.1. The van der Waals surface area contributed by atoms with Crippen molar-refractivity contribution in [1.82, 2.24) is 29.3 Å². The number of rotatable bonds is 5. The fourth-order valence-corrected chi connectivity index (χ4v) is 3.61. The Bertz CT molecular complexity index is 1430. The minimum absolute atomic E-state index is 0.359. The summed E-state index contributed by atoms with van der Waals surface area (Å²) in [4.78, 5) is 25.3. The molecule has 2 N–H and O–H groups in total. The first-order valence-corrected chi connectivity index (χ1v) is 10.4. The first kappa shape index (κ1) is 20.4. The van der Waals surface area contributed by atoms with Crippen LogP contribution in [0.2, 0.25) is 0 Å². The lowest BCUT2D eigenvalue weighted by Gasteiger charge is -2.08. The number of fused-ring (bicyclic) bond motifs is 1. The highest BCUT2D eigenvalue weighted by atomic mass is 16.2. The van der Waals surface area contributed by atoms with Crippen molar-refractivity contribution in [3.8, 4) is 11.3 Å². The van der Waals surface area contributed by atoms with Gasteiger partial charge in [0.2, 0.25) is 0 Å². The number of hydrogen-bond acceptors (Lipinski definition) is 5. The number of pyridine rings is 1. The van der Waals surface area contributed by atoms with Gasteiger partial charge in [-0.15, -0.1) is 0 Å². The molecule has 0 fully saturated rings. The molecular formula is C24H22N8O. The van der Waals surface area contributed by atoms with Gasteiger partial charge in [-0.25, -0.2) is 9.78 Å². The molecule has 0 spiro atoms. The molecule has 0 saturated heterocycles. The maximum Gasteiger partial charge on any atom is 0.324 e. The van der Waals surface area contributed by atoms with E-state index in [1.807, 2.05) is 38.4 Å². The van der Waals surface area contributed by atoms with E-state index < -0.39 is 6.03 Å². The fraction of sp³-hybridized carbons (Fsp3) is 0.125. The summed E-state index contributed by atoms with van der Waals surface area (Å²) in [7, 11) is 1.91. The van der Waals surface area contributed by atoms with E-state index in [1.165, 1.54) is 6.20 Å². The number of benzene rings is 1. The molecule has 4 aromatic heterocycles. The summed E-state index contributed by atoms with van der Waals surface area (Å²) in [6, 6.07) is 13.4. The maximum absolute atomic E-state index is 12.3. The Morgan fingerprint density at radius 2 is 1.91 bits per heavy atom. The smallest absolute Gasteiger partial charge is 0.324 e. The van der Waals surface area contributed by atoms with Crippen LogP contribution >= 0.6 is 0 Å². The third-order valence-corrected chi connectivity index (χ3v) is 5.21. The van der Waals surface area contributed by atoms with Gasteiger partial charge in [-0.1, -0.05) is 6.07 Å². The van der Waals surface area contributed by atoms with Gasteiger partial charge in [-0.3, -0.25) is 20.0 Å². The summed E-state index contributed by atoms with van der Waals surface area (Å²) in [5, 5.41) is 11.0. The quantitative estimate of drug-likeness (QED) is 0.428. The second-order valence-electron chi connectivity index (χ2n) is 7.75. The Balaban J connectivity index is 1.32. The first-order valence-electron chi connectivity index (χ1n) is 10.4. The molecule has 0 aliphatic carbocycles. The zero-order valence-electron chi connectivity index (χ0n) is 18.2. The van der Waals surface area contributed by atoms with Crippen molar-refractivity contribution in [3.63, 3.8) is 0 Å². The van der Waals surface area contributed by atoms with Crippen LogP contribution in [0.3, 0.4) is 0 Å². The fourth-order valence-electron chi connectivity index (χ4n) is 3.61. The van der Waals surface area contributed by atoms with Crippen LogP contribution in [0.5, 0.6) is 0 Å². The molecule has 0 aliphatic heterocycles. The third-order valence-electron chi connectivity index (χ3n) is 5.21. The summed E-state index contributed by atoms with van der Waals surface area (Å²) in [5.74, 6) is 0.359. The molecule has 0 aliphatic rings. The number of nitrogens with zero attached hydrogens (tertiary/aromatic N) is 6. The Kier molecular flexibility index (Phi) is 5.27. The van der Waals surface area contributed by atoms with Gasteiger partial charge in [0.15, 0.2) is 5.82 Å². The molecule has 0 atom stereocenters. The van der Waals surface area contributed by atoms with Gasteiger partial charge < -0.3 is 9.88 Å². The molecule has 1 aromatic carbocycles. The molecule has 9 nitrogen and oxygen atoms in total. The normalized spacial score (nSPS) is 11.0. The number of nitrogens with one attached hydrogen (secondary N) is 2. The van der Waals surface area contributed by atoms with E-state index in [4.69, 9.17) is 0 Å². The van der Waals surface area contributed by atoms with Crippen LogP contribution in [0.1, 0.15) is 11.4 Å². The number of amides is 2. The lowest BCUT2D eigenvalue weighted by molar-refractivity contribution is 0.262. The number of hydrogen-bond donors (Lipinski definition) is 2. The molecule has 0 unspecified atom stereocenters. The Morgan fingerprint density at radius 3 is 2.70 bits per heavy atom. The second-order valence-corrected chi connectivity index (χ2v) is 7.75. The average molecular weight is 438 g/mol. The molecule has 4 heterocycles. The monoisotopic (exact) mass is 438 g/mol. The second kappa shape index (κ2) is 8.54. The predicted octanol–water partition coefficient (Wildman–Crippen LogP) is 4.23. The van der Waals surface area contributed by atoms with Crippen LogP contribution in [0.4, 0.5) is 16.3 Å². The highest BCUT2D eigenvalue weighted by Crippen LogP contribution is 2.25. The first-order chi connectivity index (χ1) is 16.0. The van der Waals surface area contributed by atoms with E-state index in [9.17, 15) is 4.79 Å². The summed E-state index contributed by atoms with van der Waals surface area (Å²) >= 11 is 0. The number of aryl methyl sites for hydroxylation is 2. The summed E-state index contributed by atoms with van der Waals surface area (Å²) in [5.41, 5.74) is 5.18. The summed E-state index contributed by atoms with van der Waals surface area (Å²) in [6.45, 7) is 2.59. The van der Waals surface area contributed by atoms with E-state index in [-0.39, 0.29) is 0 Å². The summed E-state index contributed by atoms with van der Waals surface area (Å²) in [6.07, 6.45) is 8.79. The minimum atomic E-state index is -0.408.